The smallest absolute Gasteiger partial charge is 0.130 e. The molecule has 1 unspecified atom stereocenters. The van der Waals surface area contributed by atoms with Crippen molar-refractivity contribution in [3.8, 4) is 0 Å². The van der Waals surface area contributed by atoms with Crippen molar-refractivity contribution in [3.05, 3.63) is 69.4 Å². The van der Waals surface area contributed by atoms with E-state index in [0.29, 0.717) is 10.0 Å². The van der Waals surface area contributed by atoms with Crippen LogP contribution in [0.4, 0.5) is 13.2 Å². The fourth-order valence-electron chi connectivity index (χ4n) is 2.10. The summed E-state index contributed by atoms with van der Waals surface area (Å²) in [5, 5.41) is 2.83. The number of benzene rings is 2. The standard InChI is InChI=1S/C15H13BrF3N/c1-20-14(15-11(17)3-2-4-12(15)18)7-9-5-6-10(16)8-13(9)19/h2-6,8,14,20H,7H2,1H3. The van der Waals surface area contributed by atoms with Crippen molar-refractivity contribution in [1.29, 1.82) is 0 Å². The number of halogens is 4. The second-order valence-corrected chi connectivity index (χ2v) is 5.33. The van der Waals surface area contributed by atoms with Gasteiger partial charge in [-0.25, -0.2) is 13.2 Å². The zero-order chi connectivity index (χ0) is 14.7. The van der Waals surface area contributed by atoms with E-state index in [1.807, 2.05) is 0 Å². The van der Waals surface area contributed by atoms with Crippen LogP contribution in [0.2, 0.25) is 0 Å². The van der Waals surface area contributed by atoms with Crippen molar-refractivity contribution < 1.29 is 13.2 Å². The summed E-state index contributed by atoms with van der Waals surface area (Å²) in [6.45, 7) is 0. The molecule has 0 saturated carbocycles. The second-order valence-electron chi connectivity index (χ2n) is 4.42. The van der Waals surface area contributed by atoms with Crippen molar-refractivity contribution in [2.75, 3.05) is 7.05 Å². The minimum atomic E-state index is -0.637. The van der Waals surface area contributed by atoms with Gasteiger partial charge in [-0.15, -0.1) is 0 Å². The SMILES string of the molecule is CNC(Cc1ccc(Br)cc1F)c1c(F)cccc1F. The molecule has 20 heavy (non-hydrogen) atoms. The topological polar surface area (TPSA) is 12.0 Å². The summed E-state index contributed by atoms with van der Waals surface area (Å²) >= 11 is 3.17. The number of rotatable bonds is 4. The Kier molecular flexibility index (Phi) is 4.83. The first-order valence-corrected chi connectivity index (χ1v) is 6.87. The summed E-state index contributed by atoms with van der Waals surface area (Å²) in [5.74, 6) is -1.68. The van der Waals surface area contributed by atoms with Crippen molar-refractivity contribution >= 4 is 15.9 Å². The van der Waals surface area contributed by atoms with Crippen LogP contribution in [0.25, 0.3) is 0 Å². The lowest BCUT2D eigenvalue weighted by Crippen LogP contribution is -2.22. The predicted molar refractivity (Wildman–Crippen MR) is 76.0 cm³/mol. The molecule has 0 aliphatic rings. The van der Waals surface area contributed by atoms with E-state index in [1.165, 1.54) is 24.3 Å². The highest BCUT2D eigenvalue weighted by atomic mass is 79.9. The molecule has 0 fully saturated rings. The number of likely N-dealkylation sites (N-methyl/N-ethyl adjacent to an activating group) is 1. The van der Waals surface area contributed by atoms with Gasteiger partial charge in [0.25, 0.3) is 0 Å². The predicted octanol–water partition coefficient (Wildman–Crippen LogP) is 4.37. The quantitative estimate of drug-likeness (QED) is 0.869. The molecule has 0 saturated heterocycles. The van der Waals surface area contributed by atoms with Crippen molar-refractivity contribution in [2.24, 2.45) is 0 Å². The molecule has 0 bridgehead atoms. The molecule has 2 rings (SSSR count). The monoisotopic (exact) mass is 343 g/mol. The van der Waals surface area contributed by atoms with Gasteiger partial charge in [-0.3, -0.25) is 0 Å². The van der Waals surface area contributed by atoms with Crippen LogP contribution < -0.4 is 5.32 Å². The molecule has 2 aromatic rings. The molecule has 0 aliphatic carbocycles. The summed E-state index contributed by atoms with van der Waals surface area (Å²) in [6.07, 6.45) is 0.160. The highest BCUT2D eigenvalue weighted by Gasteiger charge is 2.20. The van der Waals surface area contributed by atoms with E-state index in [0.717, 1.165) is 0 Å². The molecule has 0 aliphatic heterocycles. The molecule has 0 radical (unpaired) electrons. The molecule has 2 aromatic carbocycles. The lowest BCUT2D eigenvalue weighted by molar-refractivity contribution is 0.482. The number of hydrogen-bond acceptors (Lipinski definition) is 1. The van der Waals surface area contributed by atoms with Gasteiger partial charge in [0.15, 0.2) is 0 Å². The Bertz CT molecular complexity index is 596. The first-order valence-electron chi connectivity index (χ1n) is 6.08. The van der Waals surface area contributed by atoms with Gasteiger partial charge in [-0.2, -0.15) is 0 Å². The fraction of sp³-hybridized carbons (Fsp3) is 0.200. The van der Waals surface area contributed by atoms with E-state index in [4.69, 9.17) is 0 Å². The molecule has 1 nitrogen and oxygen atoms in total. The maximum absolute atomic E-state index is 13.8. The summed E-state index contributed by atoms with van der Waals surface area (Å²) < 4.78 is 42.0. The van der Waals surface area contributed by atoms with Crippen LogP contribution in [0.5, 0.6) is 0 Å². The van der Waals surface area contributed by atoms with E-state index in [1.54, 1.807) is 19.2 Å². The molecule has 1 atom stereocenters. The van der Waals surface area contributed by atoms with Gasteiger partial charge in [0, 0.05) is 16.1 Å². The van der Waals surface area contributed by atoms with Crippen LogP contribution in [-0.4, -0.2) is 7.05 Å². The summed E-state index contributed by atoms with van der Waals surface area (Å²) in [4.78, 5) is 0. The Morgan fingerprint density at radius 3 is 2.25 bits per heavy atom. The lowest BCUT2D eigenvalue weighted by atomic mass is 9.97. The molecular formula is C15H13BrF3N. The maximum atomic E-state index is 13.8. The van der Waals surface area contributed by atoms with Gasteiger partial charge in [0.05, 0.1) is 0 Å². The first-order chi connectivity index (χ1) is 9.52. The number of nitrogens with one attached hydrogen (secondary N) is 1. The Morgan fingerprint density at radius 1 is 1.05 bits per heavy atom. The van der Waals surface area contributed by atoms with Crippen LogP contribution in [0.15, 0.2) is 40.9 Å². The minimum Gasteiger partial charge on any atom is -0.313 e. The van der Waals surface area contributed by atoms with Gasteiger partial charge in [0.1, 0.15) is 17.5 Å². The normalized spacial score (nSPS) is 12.4. The third kappa shape index (κ3) is 3.22. The Balaban J connectivity index is 2.34. The van der Waals surface area contributed by atoms with E-state index < -0.39 is 23.5 Å². The molecule has 1 N–H and O–H groups in total. The molecule has 0 aromatic heterocycles. The molecular weight excluding hydrogens is 331 g/mol. The average Bonchev–Trinajstić information content (AvgIpc) is 2.39. The van der Waals surface area contributed by atoms with Crippen molar-refractivity contribution in [3.63, 3.8) is 0 Å². The lowest BCUT2D eigenvalue weighted by Gasteiger charge is -2.18. The third-order valence-corrected chi connectivity index (χ3v) is 3.63. The summed E-state index contributed by atoms with van der Waals surface area (Å²) in [5.41, 5.74) is 0.326. The zero-order valence-corrected chi connectivity index (χ0v) is 12.3. The van der Waals surface area contributed by atoms with Crippen LogP contribution in [0.3, 0.4) is 0 Å². The second kappa shape index (κ2) is 6.41. The van der Waals surface area contributed by atoms with Crippen molar-refractivity contribution in [1.82, 2.24) is 5.32 Å². The van der Waals surface area contributed by atoms with E-state index in [-0.39, 0.29) is 12.0 Å². The van der Waals surface area contributed by atoms with Crippen LogP contribution in [0.1, 0.15) is 17.2 Å². The van der Waals surface area contributed by atoms with Crippen LogP contribution in [-0.2, 0) is 6.42 Å². The zero-order valence-electron chi connectivity index (χ0n) is 10.8. The average molecular weight is 344 g/mol. The Hall–Kier alpha value is -1.33. The molecule has 106 valence electrons. The van der Waals surface area contributed by atoms with Crippen LogP contribution >= 0.6 is 15.9 Å². The van der Waals surface area contributed by atoms with Gasteiger partial charge < -0.3 is 5.32 Å². The fourth-order valence-corrected chi connectivity index (χ4v) is 2.43. The van der Waals surface area contributed by atoms with Gasteiger partial charge in [0.2, 0.25) is 0 Å². The molecule has 0 spiro atoms. The molecule has 0 amide bonds. The van der Waals surface area contributed by atoms with Gasteiger partial charge in [-0.05, 0) is 43.3 Å². The summed E-state index contributed by atoms with van der Waals surface area (Å²) in [6, 6.07) is 7.69. The first kappa shape index (κ1) is 15.1. The largest absolute Gasteiger partial charge is 0.313 e. The Labute approximate surface area is 123 Å². The van der Waals surface area contributed by atoms with E-state index >= 15 is 0 Å². The Morgan fingerprint density at radius 2 is 1.70 bits per heavy atom. The van der Waals surface area contributed by atoms with Gasteiger partial charge >= 0.3 is 0 Å². The van der Waals surface area contributed by atoms with Crippen molar-refractivity contribution in [2.45, 2.75) is 12.5 Å². The third-order valence-electron chi connectivity index (χ3n) is 3.14. The van der Waals surface area contributed by atoms with Crippen LogP contribution in [0, 0.1) is 17.5 Å². The molecule has 5 heteroatoms. The van der Waals surface area contributed by atoms with E-state index in [2.05, 4.69) is 21.2 Å². The van der Waals surface area contributed by atoms with Gasteiger partial charge in [-0.1, -0.05) is 28.1 Å². The minimum absolute atomic E-state index is 0.0719. The summed E-state index contributed by atoms with van der Waals surface area (Å²) in [7, 11) is 1.59. The highest BCUT2D eigenvalue weighted by Crippen LogP contribution is 2.26. The molecule has 0 heterocycles. The number of hydrogen-bond donors (Lipinski definition) is 1. The van der Waals surface area contributed by atoms with E-state index in [9.17, 15) is 13.2 Å². The maximum Gasteiger partial charge on any atom is 0.130 e. The highest BCUT2D eigenvalue weighted by molar-refractivity contribution is 9.10.